The van der Waals surface area contributed by atoms with Crippen LogP contribution in [0.15, 0.2) is 42.5 Å². The van der Waals surface area contributed by atoms with Crippen molar-refractivity contribution in [2.75, 3.05) is 34.0 Å². The van der Waals surface area contributed by atoms with Gasteiger partial charge in [-0.05, 0) is 12.5 Å². The molecule has 0 heterocycles. The van der Waals surface area contributed by atoms with Crippen molar-refractivity contribution in [3.05, 3.63) is 48.0 Å². The fourth-order valence-corrected chi connectivity index (χ4v) is 1.56. The Morgan fingerprint density at radius 1 is 1.24 bits per heavy atom. The van der Waals surface area contributed by atoms with Crippen LogP contribution in [-0.2, 0) is 20.9 Å². The van der Waals surface area contributed by atoms with E-state index in [1.807, 2.05) is 44.4 Å². The number of likely N-dealkylation sites (N-methyl/N-ethyl adjacent to an activating group) is 1. The zero-order valence-electron chi connectivity index (χ0n) is 13.0. The predicted molar refractivity (Wildman–Crippen MR) is 78.8 cm³/mol. The molecule has 0 spiro atoms. The summed E-state index contributed by atoms with van der Waals surface area (Å²) in [6.07, 6.45) is 0. The number of hydrogen-bond donors (Lipinski definition) is 0. The van der Waals surface area contributed by atoms with E-state index in [1.165, 1.54) is 0 Å². The predicted octanol–water partition coefficient (Wildman–Crippen LogP) is -0.640. The van der Waals surface area contributed by atoms with E-state index in [-0.39, 0.29) is 18.4 Å². The van der Waals surface area contributed by atoms with Crippen LogP contribution in [0.25, 0.3) is 0 Å². The molecule has 0 aromatic heterocycles. The average Bonchev–Trinajstić information content (AvgIpc) is 2.39. The van der Waals surface area contributed by atoms with Gasteiger partial charge in [0.15, 0.2) is 6.73 Å². The van der Waals surface area contributed by atoms with Crippen molar-refractivity contribution >= 4 is 5.97 Å². The molecule has 0 N–H and O–H groups in total. The van der Waals surface area contributed by atoms with Crippen molar-refractivity contribution in [2.45, 2.75) is 13.5 Å². The van der Waals surface area contributed by atoms with Crippen LogP contribution in [-0.4, -0.2) is 44.4 Å². The molecule has 118 valence electrons. The minimum Gasteiger partial charge on any atom is -1.00 e. The molecule has 1 aromatic rings. The Labute approximate surface area is 133 Å². The van der Waals surface area contributed by atoms with Gasteiger partial charge >= 0.3 is 5.97 Å². The monoisotopic (exact) mass is 313 g/mol. The van der Waals surface area contributed by atoms with E-state index in [0.717, 1.165) is 5.56 Å². The van der Waals surface area contributed by atoms with Crippen molar-refractivity contribution in [1.82, 2.24) is 0 Å². The fraction of sp³-hybridized carbons (Fsp3) is 0.438. The van der Waals surface area contributed by atoms with Crippen molar-refractivity contribution in [3.63, 3.8) is 0 Å². The van der Waals surface area contributed by atoms with E-state index in [2.05, 4.69) is 6.58 Å². The number of ether oxygens (including phenoxy) is 2. The third-order valence-electron chi connectivity index (χ3n) is 2.83. The van der Waals surface area contributed by atoms with Crippen molar-refractivity contribution in [2.24, 2.45) is 0 Å². The first-order valence-corrected chi connectivity index (χ1v) is 6.67. The molecule has 0 atom stereocenters. The summed E-state index contributed by atoms with van der Waals surface area (Å²) in [6.45, 7) is 7.42. The summed E-state index contributed by atoms with van der Waals surface area (Å²) in [7, 11) is 4.08. The molecule has 0 amide bonds. The highest BCUT2D eigenvalue weighted by Crippen LogP contribution is 2.04. The van der Waals surface area contributed by atoms with Gasteiger partial charge in [-0.3, -0.25) is 0 Å². The van der Waals surface area contributed by atoms with Gasteiger partial charge in [0, 0.05) is 5.57 Å². The van der Waals surface area contributed by atoms with Crippen molar-refractivity contribution in [1.29, 1.82) is 0 Å². The van der Waals surface area contributed by atoms with Gasteiger partial charge in [-0.2, -0.15) is 0 Å². The van der Waals surface area contributed by atoms with Crippen LogP contribution in [0.5, 0.6) is 0 Å². The van der Waals surface area contributed by atoms with Gasteiger partial charge in [0.1, 0.15) is 13.2 Å². The minimum absolute atomic E-state index is 0. The molecule has 5 heteroatoms. The fourth-order valence-electron chi connectivity index (χ4n) is 1.56. The van der Waals surface area contributed by atoms with Gasteiger partial charge in [-0.1, -0.05) is 36.9 Å². The molecule has 0 aliphatic rings. The van der Waals surface area contributed by atoms with Crippen LogP contribution >= 0.6 is 0 Å². The Morgan fingerprint density at radius 2 is 1.86 bits per heavy atom. The second-order valence-corrected chi connectivity index (χ2v) is 5.54. The second kappa shape index (κ2) is 9.55. The molecule has 0 aliphatic carbocycles. The largest absolute Gasteiger partial charge is 1.00 e. The number of hydrogen-bond acceptors (Lipinski definition) is 3. The molecule has 1 rings (SSSR count). The van der Waals surface area contributed by atoms with Crippen molar-refractivity contribution in [3.8, 4) is 0 Å². The SMILES string of the molecule is C=C(C)C(=O)OCC[N+](C)(C)COCc1ccccc1.[Cl-]. The highest BCUT2D eigenvalue weighted by molar-refractivity contribution is 5.86. The Bertz CT molecular complexity index is 446. The minimum atomic E-state index is -0.338. The number of nitrogens with zero attached hydrogens (tertiary/aromatic N) is 1. The first-order chi connectivity index (χ1) is 9.41. The standard InChI is InChI=1S/C16H24NO3.ClH/c1-14(2)16(18)20-11-10-17(3,4)13-19-12-15-8-6-5-7-9-15;/h5-9H,1,10-13H2,2-4H3;1H/q+1;/p-1. The van der Waals surface area contributed by atoms with E-state index in [4.69, 9.17) is 9.47 Å². The summed E-state index contributed by atoms with van der Waals surface area (Å²) in [5.41, 5.74) is 1.58. The molecule has 1 aromatic carbocycles. The topological polar surface area (TPSA) is 35.5 Å². The molecule has 4 nitrogen and oxygen atoms in total. The van der Waals surface area contributed by atoms with E-state index >= 15 is 0 Å². The van der Waals surface area contributed by atoms with E-state index in [1.54, 1.807) is 6.92 Å². The van der Waals surface area contributed by atoms with Gasteiger partial charge in [-0.15, -0.1) is 0 Å². The molecule has 0 unspecified atom stereocenters. The van der Waals surface area contributed by atoms with Gasteiger partial charge in [0.2, 0.25) is 0 Å². The van der Waals surface area contributed by atoms with Crippen LogP contribution in [0.2, 0.25) is 0 Å². The van der Waals surface area contributed by atoms with Gasteiger partial charge in [0.25, 0.3) is 0 Å². The lowest BCUT2D eigenvalue weighted by molar-refractivity contribution is -0.910. The number of rotatable bonds is 8. The zero-order valence-corrected chi connectivity index (χ0v) is 13.7. The first-order valence-electron chi connectivity index (χ1n) is 6.67. The lowest BCUT2D eigenvalue weighted by Crippen LogP contribution is -3.00. The number of carbonyl (C=O) groups excluding carboxylic acids is 1. The Balaban J connectivity index is 0.00000400. The Hall–Kier alpha value is -1.36. The third kappa shape index (κ3) is 8.50. The summed E-state index contributed by atoms with van der Waals surface area (Å²) < 4.78 is 11.4. The van der Waals surface area contributed by atoms with Crippen LogP contribution in [0.3, 0.4) is 0 Å². The quantitative estimate of drug-likeness (QED) is 0.277. The summed E-state index contributed by atoms with van der Waals surface area (Å²) in [5.74, 6) is -0.338. The molecule has 0 radical (unpaired) electrons. The number of quaternary nitrogens is 1. The lowest BCUT2D eigenvalue weighted by atomic mass is 10.2. The van der Waals surface area contributed by atoms with Gasteiger partial charge in [0.05, 0.1) is 20.7 Å². The number of esters is 1. The van der Waals surface area contributed by atoms with E-state index < -0.39 is 0 Å². The maximum atomic E-state index is 11.3. The molecular weight excluding hydrogens is 290 g/mol. The smallest absolute Gasteiger partial charge is 0.333 e. The molecule has 0 aliphatic heterocycles. The normalized spacial score (nSPS) is 10.6. The summed E-state index contributed by atoms with van der Waals surface area (Å²) in [6, 6.07) is 10.0. The third-order valence-corrected chi connectivity index (χ3v) is 2.83. The van der Waals surface area contributed by atoms with E-state index in [9.17, 15) is 4.79 Å². The molecule has 0 bridgehead atoms. The number of benzene rings is 1. The molecule has 21 heavy (non-hydrogen) atoms. The zero-order chi connectivity index (χ0) is 15.0. The molecule has 0 saturated carbocycles. The van der Waals surface area contributed by atoms with Crippen molar-refractivity contribution < 1.29 is 31.2 Å². The van der Waals surface area contributed by atoms with Crippen LogP contribution < -0.4 is 12.4 Å². The Kier molecular flexibility index (Phi) is 8.93. The van der Waals surface area contributed by atoms with Crippen LogP contribution in [0.4, 0.5) is 0 Å². The summed E-state index contributed by atoms with van der Waals surface area (Å²) in [5, 5.41) is 0. The van der Waals surface area contributed by atoms with Crippen LogP contribution in [0.1, 0.15) is 12.5 Å². The van der Waals surface area contributed by atoms with E-state index in [0.29, 0.717) is 36.5 Å². The number of carbonyl (C=O) groups is 1. The first kappa shape index (κ1) is 19.6. The van der Waals surface area contributed by atoms with Gasteiger partial charge in [-0.25, -0.2) is 4.79 Å². The highest BCUT2D eigenvalue weighted by atomic mass is 35.5. The Morgan fingerprint density at radius 3 is 2.43 bits per heavy atom. The lowest BCUT2D eigenvalue weighted by Gasteiger charge is -2.28. The maximum absolute atomic E-state index is 11.3. The summed E-state index contributed by atoms with van der Waals surface area (Å²) >= 11 is 0. The maximum Gasteiger partial charge on any atom is 0.333 e. The molecule has 0 saturated heterocycles. The second-order valence-electron chi connectivity index (χ2n) is 5.54. The highest BCUT2D eigenvalue weighted by Gasteiger charge is 2.16. The van der Waals surface area contributed by atoms with Crippen LogP contribution in [0, 0.1) is 0 Å². The molecule has 0 fully saturated rings. The summed E-state index contributed by atoms with van der Waals surface area (Å²) in [4.78, 5) is 11.3. The number of halogens is 1. The average molecular weight is 314 g/mol. The molecular formula is C16H24ClNO3. The van der Waals surface area contributed by atoms with Gasteiger partial charge < -0.3 is 26.4 Å².